The Balaban J connectivity index is 1.89. The molecule has 0 aromatic heterocycles. The number of ketones is 1. The van der Waals surface area contributed by atoms with Crippen molar-refractivity contribution in [2.75, 3.05) is 7.11 Å². The van der Waals surface area contributed by atoms with Gasteiger partial charge in [-0.05, 0) is 70.1 Å². The maximum Gasteiger partial charge on any atom is 0.318 e. The summed E-state index contributed by atoms with van der Waals surface area (Å²) < 4.78 is 4.84. The number of Topliss-reactive ketones (excluding diaryl/α,β-unsaturated/α-hetero) is 1. The lowest BCUT2D eigenvalue weighted by atomic mass is 9.46. The van der Waals surface area contributed by atoms with Crippen molar-refractivity contribution in [2.24, 2.45) is 28.6 Å². The SMILES string of the molecule is COC(=O)C(C)(C)C(=O)C12CC3CC(CC(C3)C1)C2. The van der Waals surface area contributed by atoms with E-state index in [1.165, 1.54) is 26.4 Å². The zero-order valence-electron chi connectivity index (χ0n) is 12.2. The van der Waals surface area contributed by atoms with Crippen LogP contribution in [0, 0.1) is 28.6 Å². The van der Waals surface area contributed by atoms with Gasteiger partial charge in [-0.25, -0.2) is 0 Å². The highest BCUT2D eigenvalue weighted by atomic mass is 16.5. The molecule has 4 aliphatic rings. The molecule has 0 N–H and O–H groups in total. The summed E-state index contributed by atoms with van der Waals surface area (Å²) in [6, 6.07) is 0. The summed E-state index contributed by atoms with van der Waals surface area (Å²) in [5.41, 5.74) is -1.20. The molecular weight excluding hydrogens is 240 g/mol. The Morgan fingerprint density at radius 2 is 1.42 bits per heavy atom. The molecule has 4 rings (SSSR count). The van der Waals surface area contributed by atoms with Crippen molar-refractivity contribution in [1.29, 1.82) is 0 Å². The molecule has 0 saturated heterocycles. The van der Waals surface area contributed by atoms with Gasteiger partial charge in [-0.1, -0.05) is 0 Å². The Morgan fingerprint density at radius 3 is 1.79 bits per heavy atom. The van der Waals surface area contributed by atoms with Gasteiger partial charge in [0.25, 0.3) is 0 Å². The van der Waals surface area contributed by atoms with Gasteiger partial charge in [0.1, 0.15) is 5.41 Å². The van der Waals surface area contributed by atoms with Crippen LogP contribution < -0.4 is 0 Å². The largest absolute Gasteiger partial charge is 0.468 e. The molecule has 0 unspecified atom stereocenters. The van der Waals surface area contributed by atoms with E-state index in [4.69, 9.17) is 4.74 Å². The fraction of sp³-hybridized carbons (Fsp3) is 0.875. The Kier molecular flexibility index (Phi) is 2.81. The molecule has 4 fully saturated rings. The highest BCUT2D eigenvalue weighted by molar-refractivity contribution is 6.05. The van der Waals surface area contributed by atoms with E-state index in [9.17, 15) is 9.59 Å². The van der Waals surface area contributed by atoms with E-state index in [1.807, 2.05) is 0 Å². The highest BCUT2D eigenvalue weighted by Gasteiger charge is 2.58. The third-order valence-corrected chi connectivity index (χ3v) is 5.78. The number of hydrogen-bond acceptors (Lipinski definition) is 3. The molecule has 0 radical (unpaired) electrons. The molecule has 4 aliphatic carbocycles. The molecule has 0 amide bonds. The Bertz CT molecular complexity index is 386. The molecule has 3 nitrogen and oxygen atoms in total. The molecule has 106 valence electrons. The van der Waals surface area contributed by atoms with Gasteiger partial charge < -0.3 is 4.74 Å². The second kappa shape index (κ2) is 4.07. The first-order valence-electron chi connectivity index (χ1n) is 7.51. The van der Waals surface area contributed by atoms with Gasteiger partial charge in [0.15, 0.2) is 5.78 Å². The summed E-state index contributed by atoms with van der Waals surface area (Å²) >= 11 is 0. The molecule has 3 heteroatoms. The molecule has 0 aromatic rings. The molecule has 19 heavy (non-hydrogen) atoms. The van der Waals surface area contributed by atoms with Gasteiger partial charge >= 0.3 is 5.97 Å². The quantitative estimate of drug-likeness (QED) is 0.581. The molecule has 4 bridgehead atoms. The lowest BCUT2D eigenvalue weighted by Gasteiger charge is -2.57. The maximum atomic E-state index is 13.0. The standard InChI is InChI=1S/C16H24O3/c1-15(2,14(18)19-3)13(17)16-7-10-4-11(8-16)6-12(5-10)9-16/h10-12H,4-9H2,1-3H3. The van der Waals surface area contributed by atoms with E-state index in [2.05, 4.69) is 0 Å². The first kappa shape index (κ1) is 13.1. The average Bonchev–Trinajstić information content (AvgIpc) is 2.35. The van der Waals surface area contributed by atoms with E-state index >= 15 is 0 Å². The second-order valence-corrected chi connectivity index (χ2v) is 7.64. The summed E-state index contributed by atoms with van der Waals surface area (Å²) in [5.74, 6) is 1.94. The maximum absolute atomic E-state index is 13.0. The van der Waals surface area contributed by atoms with Crippen LogP contribution in [-0.4, -0.2) is 18.9 Å². The van der Waals surface area contributed by atoms with Gasteiger partial charge in [0.2, 0.25) is 0 Å². The number of methoxy groups -OCH3 is 1. The van der Waals surface area contributed by atoms with Crippen molar-refractivity contribution in [3.8, 4) is 0 Å². The van der Waals surface area contributed by atoms with Crippen molar-refractivity contribution in [3.63, 3.8) is 0 Å². The Hall–Kier alpha value is -0.860. The van der Waals surface area contributed by atoms with Crippen molar-refractivity contribution >= 4 is 11.8 Å². The molecule has 4 saturated carbocycles. The van der Waals surface area contributed by atoms with Crippen LogP contribution in [0.5, 0.6) is 0 Å². The van der Waals surface area contributed by atoms with Gasteiger partial charge in [-0.15, -0.1) is 0 Å². The minimum atomic E-state index is -0.986. The third-order valence-electron chi connectivity index (χ3n) is 5.78. The third kappa shape index (κ3) is 1.85. The highest BCUT2D eigenvalue weighted by Crippen LogP contribution is 2.61. The number of rotatable bonds is 3. The van der Waals surface area contributed by atoms with Crippen molar-refractivity contribution in [2.45, 2.75) is 52.4 Å². The first-order valence-corrected chi connectivity index (χ1v) is 7.51. The minimum Gasteiger partial charge on any atom is -0.468 e. The summed E-state index contributed by atoms with van der Waals surface area (Å²) in [7, 11) is 1.37. The summed E-state index contributed by atoms with van der Waals surface area (Å²) in [6.45, 7) is 3.47. The molecular formula is C16H24O3. The van der Waals surface area contributed by atoms with E-state index in [1.54, 1.807) is 13.8 Å². The van der Waals surface area contributed by atoms with Crippen LogP contribution >= 0.6 is 0 Å². The van der Waals surface area contributed by atoms with Crippen LogP contribution in [0.4, 0.5) is 0 Å². The molecule has 0 atom stereocenters. The second-order valence-electron chi connectivity index (χ2n) is 7.64. The van der Waals surface area contributed by atoms with Gasteiger partial charge in [-0.2, -0.15) is 0 Å². The number of carbonyl (C=O) groups excluding carboxylic acids is 2. The number of ether oxygens (including phenoxy) is 1. The van der Waals surface area contributed by atoms with Crippen molar-refractivity contribution in [3.05, 3.63) is 0 Å². The fourth-order valence-electron chi connectivity index (χ4n) is 5.40. The topological polar surface area (TPSA) is 43.4 Å². The molecule has 0 aromatic carbocycles. The van der Waals surface area contributed by atoms with Crippen LogP contribution in [0.3, 0.4) is 0 Å². The predicted octanol–water partition coefficient (Wildman–Crippen LogP) is 2.97. The van der Waals surface area contributed by atoms with E-state index < -0.39 is 5.41 Å². The van der Waals surface area contributed by atoms with Gasteiger partial charge in [0, 0.05) is 5.41 Å². The predicted molar refractivity (Wildman–Crippen MR) is 71.4 cm³/mol. The fourth-order valence-corrected chi connectivity index (χ4v) is 5.40. The summed E-state index contributed by atoms with van der Waals surface area (Å²) in [4.78, 5) is 24.9. The van der Waals surface area contributed by atoms with Crippen molar-refractivity contribution < 1.29 is 14.3 Å². The van der Waals surface area contributed by atoms with Crippen molar-refractivity contribution in [1.82, 2.24) is 0 Å². The molecule has 0 aliphatic heterocycles. The van der Waals surface area contributed by atoms with E-state index in [0.717, 1.165) is 37.0 Å². The first-order chi connectivity index (χ1) is 8.87. The minimum absolute atomic E-state index is 0.144. The zero-order chi connectivity index (χ0) is 13.8. The van der Waals surface area contributed by atoms with Crippen LogP contribution in [-0.2, 0) is 14.3 Å². The number of esters is 1. The Labute approximate surface area is 115 Å². The summed E-state index contributed by atoms with van der Waals surface area (Å²) in [6.07, 6.45) is 6.97. The molecule has 0 heterocycles. The molecule has 0 spiro atoms. The monoisotopic (exact) mass is 264 g/mol. The lowest BCUT2D eigenvalue weighted by Crippen LogP contribution is -2.55. The Morgan fingerprint density at radius 1 is 1.00 bits per heavy atom. The lowest BCUT2D eigenvalue weighted by molar-refractivity contribution is -0.166. The van der Waals surface area contributed by atoms with Crippen LogP contribution in [0.1, 0.15) is 52.4 Å². The number of carbonyl (C=O) groups is 2. The van der Waals surface area contributed by atoms with Crippen LogP contribution in [0.25, 0.3) is 0 Å². The van der Waals surface area contributed by atoms with Gasteiger partial charge in [0.05, 0.1) is 7.11 Å². The van der Waals surface area contributed by atoms with E-state index in [0.29, 0.717) is 0 Å². The van der Waals surface area contributed by atoms with Gasteiger partial charge in [-0.3, -0.25) is 9.59 Å². The zero-order valence-corrected chi connectivity index (χ0v) is 12.2. The number of hydrogen-bond donors (Lipinski definition) is 0. The average molecular weight is 264 g/mol. The summed E-state index contributed by atoms with van der Waals surface area (Å²) in [5, 5.41) is 0. The van der Waals surface area contributed by atoms with E-state index in [-0.39, 0.29) is 17.2 Å². The normalized spacial score (nSPS) is 40.3. The smallest absolute Gasteiger partial charge is 0.318 e. The van der Waals surface area contributed by atoms with Crippen LogP contribution in [0.2, 0.25) is 0 Å². The van der Waals surface area contributed by atoms with Crippen LogP contribution in [0.15, 0.2) is 0 Å².